The minimum atomic E-state index is -2.71. The highest BCUT2D eigenvalue weighted by Gasteiger charge is 2.19. The lowest BCUT2D eigenvalue weighted by Gasteiger charge is -2.12. The van der Waals surface area contributed by atoms with Gasteiger partial charge in [-0.3, -0.25) is 4.79 Å². The van der Waals surface area contributed by atoms with E-state index in [0.29, 0.717) is 34.8 Å². The van der Waals surface area contributed by atoms with Crippen molar-refractivity contribution in [3.05, 3.63) is 46.3 Å². The minimum Gasteiger partial charge on any atom is -0.491 e. The number of amides is 1. The zero-order chi connectivity index (χ0) is 18.6. The first kappa shape index (κ1) is 18.9. The molecule has 25 heavy (non-hydrogen) atoms. The maximum atomic E-state index is 12.8. The van der Waals surface area contributed by atoms with Gasteiger partial charge in [0.15, 0.2) is 0 Å². The van der Waals surface area contributed by atoms with E-state index in [1.165, 1.54) is 0 Å². The van der Waals surface area contributed by atoms with Gasteiger partial charge < -0.3 is 10.1 Å². The monoisotopic (exact) mass is 351 g/mol. The molecule has 0 unspecified atom stereocenters. The molecule has 0 spiro atoms. The number of nitrogens with zero attached hydrogens (tertiary/aromatic N) is 2. The normalized spacial score (nSPS) is 11.0. The van der Waals surface area contributed by atoms with E-state index >= 15 is 0 Å². The maximum absolute atomic E-state index is 12.8. The quantitative estimate of drug-likeness (QED) is 0.779. The summed E-state index contributed by atoms with van der Waals surface area (Å²) in [6, 6.07) is 5.89. The number of ether oxygens (including phenoxy) is 1. The second kappa shape index (κ2) is 8.09. The number of halogens is 2. The van der Waals surface area contributed by atoms with Crippen molar-refractivity contribution >= 4 is 5.91 Å². The number of hydrogen-bond acceptors (Lipinski definition) is 3. The highest BCUT2D eigenvalue weighted by molar-refractivity contribution is 5.79. The molecule has 7 heteroatoms. The summed E-state index contributed by atoms with van der Waals surface area (Å²) >= 11 is 0. The second-order valence-electron chi connectivity index (χ2n) is 5.97. The molecule has 1 amide bonds. The van der Waals surface area contributed by atoms with E-state index in [-0.39, 0.29) is 12.3 Å². The van der Waals surface area contributed by atoms with E-state index in [0.717, 1.165) is 16.9 Å². The van der Waals surface area contributed by atoms with Crippen LogP contribution in [-0.2, 0) is 11.2 Å². The molecule has 0 fully saturated rings. The Morgan fingerprint density at radius 1 is 1.24 bits per heavy atom. The van der Waals surface area contributed by atoms with Crippen molar-refractivity contribution < 1.29 is 18.3 Å². The van der Waals surface area contributed by atoms with Crippen LogP contribution in [-0.4, -0.2) is 28.8 Å². The first-order valence-corrected chi connectivity index (χ1v) is 8.09. The fourth-order valence-corrected chi connectivity index (χ4v) is 2.74. The van der Waals surface area contributed by atoms with Crippen LogP contribution in [0.3, 0.4) is 0 Å². The summed E-state index contributed by atoms with van der Waals surface area (Å²) in [7, 11) is 0. The first-order valence-electron chi connectivity index (χ1n) is 8.09. The predicted molar refractivity (Wildman–Crippen MR) is 91.1 cm³/mol. The SMILES string of the molecule is Cc1cccc(C)c1OCCNC(=O)Cc1c(C)nn(C(F)F)c1C. The second-order valence-corrected chi connectivity index (χ2v) is 5.97. The summed E-state index contributed by atoms with van der Waals surface area (Å²) in [4.78, 5) is 12.1. The topological polar surface area (TPSA) is 56.1 Å². The van der Waals surface area contributed by atoms with Crippen molar-refractivity contribution in [2.75, 3.05) is 13.2 Å². The van der Waals surface area contributed by atoms with Crippen molar-refractivity contribution in [1.82, 2.24) is 15.1 Å². The van der Waals surface area contributed by atoms with Gasteiger partial charge in [-0.2, -0.15) is 13.9 Å². The molecule has 1 N–H and O–H groups in total. The molecule has 0 radical (unpaired) electrons. The molecular formula is C18H23F2N3O2. The number of aryl methyl sites for hydroxylation is 3. The van der Waals surface area contributed by atoms with Gasteiger partial charge in [0.2, 0.25) is 5.91 Å². The van der Waals surface area contributed by atoms with Crippen molar-refractivity contribution in [3.63, 3.8) is 0 Å². The zero-order valence-corrected chi connectivity index (χ0v) is 14.9. The number of rotatable bonds is 7. The van der Waals surface area contributed by atoms with Crippen molar-refractivity contribution in [3.8, 4) is 5.75 Å². The van der Waals surface area contributed by atoms with Crippen molar-refractivity contribution in [2.24, 2.45) is 0 Å². The van der Waals surface area contributed by atoms with Gasteiger partial charge in [-0.05, 0) is 38.8 Å². The average Bonchev–Trinajstić information content (AvgIpc) is 2.82. The molecule has 0 atom stereocenters. The number of carbonyl (C=O) groups excluding carboxylic acids is 1. The first-order chi connectivity index (χ1) is 11.8. The van der Waals surface area contributed by atoms with Crippen LogP contribution < -0.4 is 10.1 Å². The fourth-order valence-electron chi connectivity index (χ4n) is 2.74. The zero-order valence-electron chi connectivity index (χ0n) is 14.9. The third-order valence-corrected chi connectivity index (χ3v) is 4.08. The standard InChI is InChI=1S/C18H23F2N3O2/c1-11-6-5-7-12(2)17(11)25-9-8-21-16(24)10-15-13(3)22-23(14(15)4)18(19)20/h5-7,18H,8-10H2,1-4H3,(H,21,24). The molecule has 0 aliphatic rings. The molecule has 2 rings (SSSR count). The Labute approximate surface area is 146 Å². The molecule has 0 saturated carbocycles. The van der Waals surface area contributed by atoms with Crippen LogP contribution in [0.4, 0.5) is 8.78 Å². The van der Waals surface area contributed by atoms with Crippen LogP contribution in [0.25, 0.3) is 0 Å². The minimum absolute atomic E-state index is 0.0216. The third-order valence-electron chi connectivity index (χ3n) is 4.08. The largest absolute Gasteiger partial charge is 0.491 e. The molecule has 0 bridgehead atoms. The summed E-state index contributed by atoms with van der Waals surface area (Å²) in [5, 5.41) is 6.53. The van der Waals surface area contributed by atoms with Crippen LogP contribution in [0.2, 0.25) is 0 Å². The number of hydrogen-bond donors (Lipinski definition) is 1. The Bertz CT molecular complexity index is 737. The molecule has 0 saturated heterocycles. The number of nitrogens with one attached hydrogen (secondary N) is 1. The summed E-state index contributed by atoms with van der Waals surface area (Å²) in [5.74, 6) is 0.576. The van der Waals surface area contributed by atoms with E-state index < -0.39 is 6.55 Å². The van der Waals surface area contributed by atoms with Gasteiger partial charge in [0.1, 0.15) is 12.4 Å². The summed E-state index contributed by atoms with van der Waals surface area (Å²) in [6.45, 7) is 5.07. The lowest BCUT2D eigenvalue weighted by molar-refractivity contribution is -0.120. The average molecular weight is 351 g/mol. The molecule has 1 aromatic heterocycles. The van der Waals surface area contributed by atoms with Gasteiger partial charge in [0.25, 0.3) is 0 Å². The number of aromatic nitrogens is 2. The van der Waals surface area contributed by atoms with Gasteiger partial charge in [-0.25, -0.2) is 4.68 Å². The molecule has 136 valence electrons. The maximum Gasteiger partial charge on any atom is 0.333 e. The Balaban J connectivity index is 1.86. The van der Waals surface area contributed by atoms with E-state index in [2.05, 4.69) is 10.4 Å². The van der Waals surface area contributed by atoms with Gasteiger partial charge >= 0.3 is 6.55 Å². The number of benzene rings is 1. The van der Waals surface area contributed by atoms with Crippen LogP contribution in [0.15, 0.2) is 18.2 Å². The number of para-hydroxylation sites is 1. The molecule has 0 aliphatic carbocycles. The highest BCUT2D eigenvalue weighted by Crippen LogP contribution is 2.22. The molecule has 0 aliphatic heterocycles. The highest BCUT2D eigenvalue weighted by atomic mass is 19.3. The Morgan fingerprint density at radius 2 is 1.88 bits per heavy atom. The van der Waals surface area contributed by atoms with E-state index in [4.69, 9.17) is 4.74 Å². The predicted octanol–water partition coefficient (Wildman–Crippen LogP) is 3.25. The Hall–Kier alpha value is -2.44. The van der Waals surface area contributed by atoms with E-state index in [9.17, 15) is 13.6 Å². The third kappa shape index (κ3) is 4.55. The van der Waals surface area contributed by atoms with Gasteiger partial charge in [-0.15, -0.1) is 0 Å². The summed E-state index contributed by atoms with van der Waals surface area (Å²) in [5.41, 5.74) is 3.37. The number of carbonyl (C=O) groups is 1. The van der Waals surface area contributed by atoms with Crippen LogP contribution >= 0.6 is 0 Å². The summed E-state index contributed by atoms with van der Waals surface area (Å²) < 4.78 is 32.0. The van der Waals surface area contributed by atoms with Crippen LogP contribution in [0.5, 0.6) is 5.75 Å². The van der Waals surface area contributed by atoms with Crippen LogP contribution in [0.1, 0.15) is 34.6 Å². The van der Waals surface area contributed by atoms with E-state index in [1.54, 1.807) is 13.8 Å². The van der Waals surface area contributed by atoms with Crippen molar-refractivity contribution in [2.45, 2.75) is 40.7 Å². The van der Waals surface area contributed by atoms with Gasteiger partial charge in [-0.1, -0.05) is 18.2 Å². The van der Waals surface area contributed by atoms with Gasteiger partial charge in [0.05, 0.1) is 18.7 Å². The lowest BCUT2D eigenvalue weighted by Crippen LogP contribution is -2.29. The van der Waals surface area contributed by atoms with Crippen LogP contribution in [0, 0.1) is 27.7 Å². The lowest BCUT2D eigenvalue weighted by atomic mass is 10.1. The molecular weight excluding hydrogens is 328 g/mol. The Kier molecular flexibility index (Phi) is 6.12. The molecule has 1 aromatic carbocycles. The summed E-state index contributed by atoms with van der Waals surface area (Å²) in [6.07, 6.45) is 0.0216. The molecule has 1 heterocycles. The van der Waals surface area contributed by atoms with Gasteiger partial charge in [0, 0.05) is 11.3 Å². The molecule has 5 nitrogen and oxygen atoms in total. The van der Waals surface area contributed by atoms with Crippen molar-refractivity contribution in [1.29, 1.82) is 0 Å². The smallest absolute Gasteiger partial charge is 0.333 e. The Morgan fingerprint density at radius 3 is 2.44 bits per heavy atom. The molecule has 2 aromatic rings. The number of alkyl halides is 2. The van der Waals surface area contributed by atoms with E-state index in [1.807, 2.05) is 32.0 Å². The fraction of sp³-hybridized carbons (Fsp3) is 0.444.